The first-order chi connectivity index (χ1) is 14.4. The van der Waals surface area contributed by atoms with Crippen LogP contribution in [0.3, 0.4) is 0 Å². The molecule has 156 valence electrons. The van der Waals surface area contributed by atoms with Gasteiger partial charge in [0.25, 0.3) is 5.91 Å². The van der Waals surface area contributed by atoms with Gasteiger partial charge in [0.05, 0.1) is 5.56 Å². The molecule has 1 unspecified atom stereocenters. The molecule has 2 aromatic carbocycles. The summed E-state index contributed by atoms with van der Waals surface area (Å²) >= 11 is 0. The Labute approximate surface area is 173 Å². The van der Waals surface area contributed by atoms with Gasteiger partial charge in [-0.1, -0.05) is 12.1 Å². The van der Waals surface area contributed by atoms with Crippen molar-refractivity contribution in [1.29, 1.82) is 0 Å². The van der Waals surface area contributed by atoms with E-state index in [4.69, 9.17) is 13.9 Å². The highest BCUT2D eigenvalue weighted by Crippen LogP contribution is 2.23. The molecule has 0 aliphatic carbocycles. The van der Waals surface area contributed by atoms with Crippen LogP contribution < -0.4 is 15.7 Å². The Morgan fingerprint density at radius 3 is 2.53 bits per heavy atom. The average Bonchev–Trinajstić information content (AvgIpc) is 2.72. The normalized spacial score (nSPS) is 11.7. The van der Waals surface area contributed by atoms with Crippen LogP contribution in [0.15, 0.2) is 57.7 Å². The lowest BCUT2D eigenvalue weighted by atomic mass is 10.1. The molecule has 1 atom stereocenters. The van der Waals surface area contributed by atoms with Crippen LogP contribution in [0.25, 0.3) is 11.0 Å². The van der Waals surface area contributed by atoms with E-state index in [9.17, 15) is 14.4 Å². The minimum atomic E-state index is -0.864. The van der Waals surface area contributed by atoms with E-state index in [0.717, 1.165) is 16.5 Å². The summed E-state index contributed by atoms with van der Waals surface area (Å²) in [5, 5.41) is 3.46. The molecular weight excluding hydrogens is 386 g/mol. The third kappa shape index (κ3) is 5.05. The number of fused-ring (bicyclic) bond motifs is 1. The van der Waals surface area contributed by atoms with E-state index in [0.29, 0.717) is 23.4 Å². The number of likely N-dealkylation sites (N-methyl/N-ethyl adjacent to an activating group) is 1. The molecule has 1 amide bonds. The monoisotopic (exact) mass is 409 g/mol. The van der Waals surface area contributed by atoms with E-state index in [2.05, 4.69) is 5.32 Å². The van der Waals surface area contributed by atoms with Crippen molar-refractivity contribution in [3.05, 3.63) is 75.6 Å². The molecule has 0 aliphatic heterocycles. The van der Waals surface area contributed by atoms with Crippen LogP contribution in [0.1, 0.15) is 35.3 Å². The molecule has 0 saturated heterocycles. The van der Waals surface area contributed by atoms with Gasteiger partial charge in [0.15, 0.2) is 6.10 Å². The number of aryl methyl sites for hydroxylation is 1. The summed E-state index contributed by atoms with van der Waals surface area (Å²) in [4.78, 5) is 35.4. The van der Waals surface area contributed by atoms with Crippen LogP contribution >= 0.6 is 0 Å². The summed E-state index contributed by atoms with van der Waals surface area (Å²) in [6, 6.07) is 13.5. The number of hydrogen-bond acceptors (Lipinski definition) is 6. The standard InChI is InChI=1S/C23H23NO6/c1-4-24-22(26)15(3)29-23(27)17-7-5-16(6-8-17)13-28-18-9-10-19-14(2)11-21(25)30-20(19)12-18/h5-12,15H,4,13H2,1-3H3,(H,24,26). The zero-order chi connectivity index (χ0) is 21.7. The maximum atomic E-state index is 12.2. The minimum Gasteiger partial charge on any atom is -0.489 e. The second-order valence-electron chi connectivity index (χ2n) is 6.83. The van der Waals surface area contributed by atoms with Gasteiger partial charge >= 0.3 is 11.6 Å². The first-order valence-electron chi connectivity index (χ1n) is 9.62. The van der Waals surface area contributed by atoms with E-state index in [1.54, 1.807) is 37.3 Å². The van der Waals surface area contributed by atoms with Crippen molar-refractivity contribution in [2.75, 3.05) is 6.54 Å². The highest BCUT2D eigenvalue weighted by Gasteiger charge is 2.18. The second kappa shape index (κ2) is 9.26. The second-order valence-corrected chi connectivity index (χ2v) is 6.83. The van der Waals surface area contributed by atoms with Crippen molar-refractivity contribution < 1.29 is 23.5 Å². The summed E-state index contributed by atoms with van der Waals surface area (Å²) in [5.74, 6) is -0.339. The van der Waals surface area contributed by atoms with Crippen molar-refractivity contribution in [1.82, 2.24) is 5.32 Å². The highest BCUT2D eigenvalue weighted by atomic mass is 16.5. The van der Waals surface area contributed by atoms with Crippen molar-refractivity contribution in [3.63, 3.8) is 0 Å². The van der Waals surface area contributed by atoms with Crippen LogP contribution in [-0.2, 0) is 16.1 Å². The summed E-state index contributed by atoms with van der Waals surface area (Å²) in [6.07, 6.45) is -0.864. The lowest BCUT2D eigenvalue weighted by molar-refractivity contribution is -0.128. The molecule has 1 N–H and O–H groups in total. The third-order valence-electron chi connectivity index (χ3n) is 4.52. The fourth-order valence-electron chi connectivity index (χ4n) is 2.90. The van der Waals surface area contributed by atoms with Gasteiger partial charge in [-0.25, -0.2) is 9.59 Å². The quantitative estimate of drug-likeness (QED) is 0.475. The number of carbonyl (C=O) groups excluding carboxylic acids is 2. The van der Waals surface area contributed by atoms with Crippen molar-refractivity contribution in [3.8, 4) is 5.75 Å². The highest BCUT2D eigenvalue weighted by molar-refractivity contribution is 5.92. The van der Waals surface area contributed by atoms with Gasteiger partial charge in [0.2, 0.25) is 0 Å². The average molecular weight is 409 g/mol. The number of esters is 1. The number of hydrogen-bond donors (Lipinski definition) is 1. The summed E-state index contributed by atoms with van der Waals surface area (Å²) in [5.41, 5.74) is 2.10. The summed E-state index contributed by atoms with van der Waals surface area (Å²) < 4.78 is 16.2. The third-order valence-corrected chi connectivity index (χ3v) is 4.52. The van der Waals surface area contributed by atoms with Gasteiger partial charge in [-0.3, -0.25) is 4.79 Å². The maximum absolute atomic E-state index is 12.2. The largest absolute Gasteiger partial charge is 0.489 e. The molecule has 0 bridgehead atoms. The Bertz CT molecular complexity index is 1120. The van der Waals surface area contributed by atoms with Crippen molar-refractivity contribution in [2.45, 2.75) is 33.5 Å². The molecule has 3 aromatic rings. The Morgan fingerprint density at radius 2 is 1.83 bits per heavy atom. The number of rotatable bonds is 7. The predicted molar refractivity (Wildman–Crippen MR) is 112 cm³/mol. The molecule has 7 heteroatoms. The van der Waals surface area contributed by atoms with Gasteiger partial charge in [0, 0.05) is 24.1 Å². The SMILES string of the molecule is CCNC(=O)C(C)OC(=O)c1ccc(COc2ccc3c(C)cc(=O)oc3c2)cc1. The van der Waals surface area contributed by atoms with Crippen molar-refractivity contribution >= 4 is 22.8 Å². The van der Waals surface area contributed by atoms with Gasteiger partial charge in [-0.2, -0.15) is 0 Å². The van der Waals surface area contributed by atoms with Crippen LogP contribution in [0.2, 0.25) is 0 Å². The van der Waals surface area contributed by atoms with E-state index >= 15 is 0 Å². The zero-order valence-corrected chi connectivity index (χ0v) is 17.1. The van der Waals surface area contributed by atoms with Gasteiger partial charge in [0.1, 0.15) is 17.9 Å². The van der Waals surface area contributed by atoms with Crippen LogP contribution in [0, 0.1) is 6.92 Å². The Kier molecular flexibility index (Phi) is 6.51. The maximum Gasteiger partial charge on any atom is 0.338 e. The van der Waals surface area contributed by atoms with E-state index in [1.165, 1.54) is 13.0 Å². The number of carbonyl (C=O) groups is 2. The fraction of sp³-hybridized carbons (Fsp3) is 0.261. The van der Waals surface area contributed by atoms with E-state index in [1.807, 2.05) is 19.1 Å². The van der Waals surface area contributed by atoms with Gasteiger partial charge < -0.3 is 19.2 Å². The molecule has 0 radical (unpaired) electrons. The van der Waals surface area contributed by atoms with Crippen molar-refractivity contribution in [2.24, 2.45) is 0 Å². The van der Waals surface area contributed by atoms with E-state index < -0.39 is 17.7 Å². The molecule has 0 spiro atoms. The zero-order valence-electron chi connectivity index (χ0n) is 17.1. The number of benzene rings is 2. The molecule has 3 rings (SSSR count). The van der Waals surface area contributed by atoms with Crippen LogP contribution in [0.5, 0.6) is 5.75 Å². The lowest BCUT2D eigenvalue weighted by Crippen LogP contribution is -2.35. The fourth-order valence-corrected chi connectivity index (χ4v) is 2.90. The molecule has 7 nitrogen and oxygen atoms in total. The predicted octanol–water partition coefficient (Wildman–Crippen LogP) is 3.36. The topological polar surface area (TPSA) is 94.8 Å². The number of nitrogens with one attached hydrogen (secondary N) is 1. The van der Waals surface area contributed by atoms with Crippen LogP contribution in [0.4, 0.5) is 0 Å². The Morgan fingerprint density at radius 1 is 1.10 bits per heavy atom. The Hall–Kier alpha value is -3.61. The smallest absolute Gasteiger partial charge is 0.338 e. The summed E-state index contributed by atoms with van der Waals surface area (Å²) in [6.45, 7) is 5.91. The molecule has 30 heavy (non-hydrogen) atoms. The molecule has 0 fully saturated rings. The van der Waals surface area contributed by atoms with Gasteiger partial charge in [-0.15, -0.1) is 0 Å². The van der Waals surface area contributed by atoms with Gasteiger partial charge in [-0.05, 0) is 56.2 Å². The molecule has 1 aromatic heterocycles. The Balaban J connectivity index is 1.62. The van der Waals surface area contributed by atoms with E-state index in [-0.39, 0.29) is 12.5 Å². The molecule has 0 aliphatic rings. The first kappa shape index (κ1) is 21.1. The van der Waals surface area contributed by atoms with Crippen LogP contribution in [-0.4, -0.2) is 24.5 Å². The minimum absolute atomic E-state index is 0.270. The number of amides is 1. The molecule has 0 saturated carbocycles. The molecule has 1 heterocycles. The first-order valence-corrected chi connectivity index (χ1v) is 9.62. The number of ether oxygens (including phenoxy) is 2. The molecular formula is C23H23NO6. The lowest BCUT2D eigenvalue weighted by Gasteiger charge is -2.13. The summed E-state index contributed by atoms with van der Waals surface area (Å²) in [7, 11) is 0.